The number of nitrogens with one attached hydrogen (secondary N) is 2. The number of carbonyl (C=O) groups is 2. The van der Waals surface area contributed by atoms with Crippen molar-refractivity contribution in [2.75, 3.05) is 36.4 Å². The van der Waals surface area contributed by atoms with E-state index in [0.717, 1.165) is 24.5 Å². The minimum Gasteiger partial charge on any atom is -0.457 e. The van der Waals surface area contributed by atoms with Crippen LogP contribution in [0.25, 0.3) is 17.4 Å². The number of carbonyl (C=O) groups excluding carboxylic acids is 2. The zero-order chi connectivity index (χ0) is 27.2. The van der Waals surface area contributed by atoms with Crippen molar-refractivity contribution in [2.24, 2.45) is 5.92 Å². The Kier molecular flexibility index (Phi) is 9.09. The molecule has 2 aromatic carbocycles. The lowest BCUT2D eigenvalue weighted by Crippen LogP contribution is -2.49. The molecule has 2 N–H and O–H groups in total. The van der Waals surface area contributed by atoms with Crippen LogP contribution in [0.15, 0.2) is 65.1 Å². The van der Waals surface area contributed by atoms with Gasteiger partial charge in [0.1, 0.15) is 11.5 Å². The maximum atomic E-state index is 12.3. The van der Waals surface area contributed by atoms with Crippen molar-refractivity contribution in [1.82, 2.24) is 10.2 Å². The fraction of sp³-hybridized carbons (Fsp3) is 0.250. The van der Waals surface area contributed by atoms with Crippen LogP contribution in [0.2, 0.25) is 10.0 Å². The van der Waals surface area contributed by atoms with E-state index in [1.165, 1.54) is 6.08 Å². The molecule has 7 nitrogen and oxygen atoms in total. The summed E-state index contributed by atoms with van der Waals surface area (Å²) < 4.78 is 5.76. The molecule has 4 rings (SSSR count). The summed E-state index contributed by atoms with van der Waals surface area (Å²) in [6.45, 7) is 6.86. The minimum atomic E-state index is -0.397. The van der Waals surface area contributed by atoms with Gasteiger partial charge in [-0.05, 0) is 66.8 Å². The van der Waals surface area contributed by atoms with Gasteiger partial charge < -0.3 is 19.5 Å². The van der Waals surface area contributed by atoms with Gasteiger partial charge in [-0.25, -0.2) is 0 Å². The number of hydrogen-bond acceptors (Lipinski definition) is 5. The number of halogens is 2. The van der Waals surface area contributed by atoms with Crippen LogP contribution >= 0.6 is 35.4 Å². The number of furan rings is 1. The molecule has 198 valence electrons. The first-order valence-corrected chi connectivity index (χ1v) is 13.4. The summed E-state index contributed by atoms with van der Waals surface area (Å²) in [6, 6.07) is 16.6. The summed E-state index contributed by atoms with van der Waals surface area (Å²) in [4.78, 5) is 28.7. The average Bonchev–Trinajstić information content (AvgIpc) is 3.38. The van der Waals surface area contributed by atoms with Crippen LogP contribution in [-0.2, 0) is 9.59 Å². The predicted molar refractivity (Wildman–Crippen MR) is 158 cm³/mol. The monoisotopic (exact) mass is 570 g/mol. The van der Waals surface area contributed by atoms with Crippen molar-refractivity contribution >= 4 is 69.8 Å². The zero-order valence-electron chi connectivity index (χ0n) is 21.0. The van der Waals surface area contributed by atoms with Gasteiger partial charge in [0.2, 0.25) is 11.8 Å². The fourth-order valence-corrected chi connectivity index (χ4v) is 4.67. The van der Waals surface area contributed by atoms with E-state index in [2.05, 4.69) is 15.5 Å². The fourth-order valence-electron chi connectivity index (χ4n) is 4.06. The Morgan fingerprint density at radius 1 is 1.00 bits per heavy atom. The van der Waals surface area contributed by atoms with Crippen LogP contribution in [-0.4, -0.2) is 48.0 Å². The Bertz CT molecular complexity index is 1350. The predicted octanol–water partition coefficient (Wildman–Crippen LogP) is 6.08. The molecule has 2 heterocycles. The summed E-state index contributed by atoms with van der Waals surface area (Å²) >= 11 is 17.6. The Morgan fingerprint density at radius 2 is 1.71 bits per heavy atom. The molecule has 1 aliphatic rings. The second-order valence-corrected chi connectivity index (χ2v) is 10.3. The Hall–Kier alpha value is -3.33. The largest absolute Gasteiger partial charge is 0.457 e. The topological polar surface area (TPSA) is 77.8 Å². The second kappa shape index (κ2) is 12.5. The van der Waals surface area contributed by atoms with Crippen molar-refractivity contribution in [3.63, 3.8) is 0 Å². The van der Waals surface area contributed by atoms with E-state index in [1.807, 2.05) is 43.0 Å². The molecule has 1 aliphatic heterocycles. The van der Waals surface area contributed by atoms with E-state index in [4.69, 9.17) is 39.8 Å². The third-order valence-corrected chi connectivity index (χ3v) is 7.08. The van der Waals surface area contributed by atoms with Gasteiger partial charge in [0, 0.05) is 55.1 Å². The van der Waals surface area contributed by atoms with Crippen molar-refractivity contribution in [3.05, 3.63) is 76.5 Å². The molecule has 0 aliphatic carbocycles. The number of hydrogen-bond donors (Lipinski definition) is 2. The lowest BCUT2D eigenvalue weighted by Gasteiger charge is -2.37. The molecule has 38 heavy (non-hydrogen) atoms. The van der Waals surface area contributed by atoms with E-state index in [9.17, 15) is 9.59 Å². The molecular formula is C28H28Cl2N4O3S. The number of nitrogens with zero attached hydrogens (tertiary/aromatic N) is 2. The summed E-state index contributed by atoms with van der Waals surface area (Å²) in [5.41, 5.74) is 2.50. The van der Waals surface area contributed by atoms with Crippen LogP contribution in [0, 0.1) is 5.92 Å². The third kappa shape index (κ3) is 6.95. The third-order valence-electron chi connectivity index (χ3n) is 6.06. The summed E-state index contributed by atoms with van der Waals surface area (Å²) in [5, 5.41) is 6.66. The van der Waals surface area contributed by atoms with Gasteiger partial charge in [-0.3, -0.25) is 14.9 Å². The normalized spacial score (nSPS) is 13.7. The number of anilines is 2. The number of amides is 2. The number of rotatable bonds is 6. The van der Waals surface area contributed by atoms with E-state index in [-0.39, 0.29) is 16.9 Å². The highest BCUT2D eigenvalue weighted by Crippen LogP contribution is 2.34. The molecule has 1 saturated heterocycles. The van der Waals surface area contributed by atoms with Crippen molar-refractivity contribution in [2.45, 2.75) is 13.8 Å². The number of thiocarbonyl (C=S) groups is 1. The summed E-state index contributed by atoms with van der Waals surface area (Å²) in [7, 11) is 0. The van der Waals surface area contributed by atoms with Gasteiger partial charge in [0.25, 0.3) is 0 Å². The molecule has 0 atom stereocenters. The van der Waals surface area contributed by atoms with Crippen LogP contribution in [0.5, 0.6) is 0 Å². The van der Waals surface area contributed by atoms with Gasteiger partial charge in [-0.1, -0.05) is 43.1 Å². The lowest BCUT2D eigenvalue weighted by molar-refractivity contribution is -0.134. The quantitative estimate of drug-likeness (QED) is 0.276. The smallest absolute Gasteiger partial charge is 0.250 e. The molecule has 10 heteroatoms. The van der Waals surface area contributed by atoms with Gasteiger partial charge in [0.15, 0.2) is 5.11 Å². The minimum absolute atomic E-state index is 0.0176. The van der Waals surface area contributed by atoms with E-state index < -0.39 is 5.91 Å². The highest BCUT2D eigenvalue weighted by atomic mass is 35.5. The average molecular weight is 572 g/mol. The SMILES string of the molecule is CC(C)C(=O)N1CCN(c2ccc(NC(=S)NC(=O)C=Cc3ccc(-c4cccc(Cl)c4Cl)o3)cc2)CC1. The molecule has 3 aromatic rings. The van der Waals surface area contributed by atoms with Crippen molar-refractivity contribution < 1.29 is 14.0 Å². The molecule has 0 radical (unpaired) electrons. The van der Waals surface area contributed by atoms with Gasteiger partial charge in [0.05, 0.1) is 10.0 Å². The maximum Gasteiger partial charge on any atom is 0.250 e. The highest BCUT2D eigenvalue weighted by molar-refractivity contribution is 7.80. The summed E-state index contributed by atoms with van der Waals surface area (Å²) in [5.74, 6) is 0.848. The van der Waals surface area contributed by atoms with Crippen molar-refractivity contribution in [1.29, 1.82) is 0 Å². The first-order valence-electron chi connectivity index (χ1n) is 12.2. The Morgan fingerprint density at radius 3 is 2.39 bits per heavy atom. The Balaban J connectivity index is 1.26. The molecule has 1 aromatic heterocycles. The van der Waals surface area contributed by atoms with Crippen molar-refractivity contribution in [3.8, 4) is 11.3 Å². The molecule has 2 amide bonds. The standard InChI is InChI=1S/C28H28Cl2N4O3S/c1-18(2)27(36)34-16-14-33(15-17-34)20-8-6-19(7-9-20)31-28(38)32-25(35)13-11-21-10-12-24(37-21)22-4-3-5-23(29)26(22)30/h3-13,18H,14-17H2,1-2H3,(H2,31,32,35,38). The van der Waals surface area contributed by atoms with E-state index in [0.29, 0.717) is 40.2 Å². The summed E-state index contributed by atoms with van der Waals surface area (Å²) in [6.07, 6.45) is 2.88. The molecule has 0 bridgehead atoms. The highest BCUT2D eigenvalue weighted by Gasteiger charge is 2.23. The van der Waals surface area contributed by atoms with Gasteiger partial charge >= 0.3 is 0 Å². The first kappa shape index (κ1) is 27.7. The molecule has 0 spiro atoms. The van der Waals surface area contributed by atoms with Crippen LogP contribution in [0.4, 0.5) is 11.4 Å². The second-order valence-electron chi connectivity index (χ2n) is 9.09. The van der Waals surface area contributed by atoms with E-state index in [1.54, 1.807) is 36.4 Å². The molecule has 0 saturated carbocycles. The van der Waals surface area contributed by atoms with E-state index >= 15 is 0 Å². The van der Waals surface area contributed by atoms with Crippen LogP contribution in [0.3, 0.4) is 0 Å². The Labute approximate surface area is 237 Å². The van der Waals surface area contributed by atoms with Gasteiger partial charge in [-0.15, -0.1) is 0 Å². The maximum absolute atomic E-state index is 12.3. The zero-order valence-corrected chi connectivity index (χ0v) is 23.4. The lowest BCUT2D eigenvalue weighted by atomic mass is 10.1. The van der Waals surface area contributed by atoms with Crippen LogP contribution < -0.4 is 15.5 Å². The van der Waals surface area contributed by atoms with Gasteiger partial charge in [-0.2, -0.15) is 0 Å². The molecule has 0 unspecified atom stereocenters. The van der Waals surface area contributed by atoms with Crippen LogP contribution in [0.1, 0.15) is 19.6 Å². The number of piperazine rings is 1. The first-order chi connectivity index (χ1) is 18.2. The molecular weight excluding hydrogens is 543 g/mol. The molecule has 1 fully saturated rings. The number of benzene rings is 2.